The van der Waals surface area contributed by atoms with Crippen LogP contribution in [0.1, 0.15) is 30.5 Å². The third-order valence-electron chi connectivity index (χ3n) is 4.44. The number of hydrazone groups is 1. The smallest absolute Gasteiger partial charge is 0.240 e. The SMILES string of the molecule is COc1ccc(C2CC(c3ccc4c(c3)OCO4)=NN2C(C)=O)cc1. The van der Waals surface area contributed by atoms with Crippen molar-refractivity contribution in [3.63, 3.8) is 0 Å². The van der Waals surface area contributed by atoms with Crippen molar-refractivity contribution in [3.8, 4) is 17.2 Å². The summed E-state index contributed by atoms with van der Waals surface area (Å²) < 4.78 is 16.0. The van der Waals surface area contributed by atoms with Gasteiger partial charge in [-0.25, -0.2) is 5.01 Å². The molecular formula is C19H18N2O4. The predicted octanol–water partition coefficient (Wildman–Crippen LogP) is 3.12. The van der Waals surface area contributed by atoms with E-state index in [2.05, 4.69) is 5.10 Å². The van der Waals surface area contributed by atoms with E-state index in [9.17, 15) is 4.79 Å². The highest BCUT2D eigenvalue weighted by Gasteiger charge is 2.32. The van der Waals surface area contributed by atoms with Crippen LogP contribution in [-0.2, 0) is 4.79 Å². The van der Waals surface area contributed by atoms with Crippen LogP contribution >= 0.6 is 0 Å². The van der Waals surface area contributed by atoms with E-state index in [1.54, 1.807) is 12.1 Å². The number of nitrogens with zero attached hydrogens (tertiary/aromatic N) is 2. The van der Waals surface area contributed by atoms with Crippen LogP contribution in [0, 0.1) is 0 Å². The highest BCUT2D eigenvalue weighted by atomic mass is 16.7. The lowest BCUT2D eigenvalue weighted by Crippen LogP contribution is -2.24. The topological polar surface area (TPSA) is 60.4 Å². The molecule has 0 N–H and O–H groups in total. The lowest BCUT2D eigenvalue weighted by molar-refractivity contribution is -0.130. The average molecular weight is 338 g/mol. The van der Waals surface area contributed by atoms with Crippen LogP contribution in [0.5, 0.6) is 17.2 Å². The summed E-state index contributed by atoms with van der Waals surface area (Å²) in [6, 6.07) is 13.3. The second-order valence-electron chi connectivity index (χ2n) is 5.97. The Balaban J connectivity index is 1.64. The van der Waals surface area contributed by atoms with E-state index in [0.29, 0.717) is 12.2 Å². The third-order valence-corrected chi connectivity index (χ3v) is 4.44. The van der Waals surface area contributed by atoms with Crippen molar-refractivity contribution in [2.45, 2.75) is 19.4 Å². The summed E-state index contributed by atoms with van der Waals surface area (Å²) in [5.74, 6) is 2.14. The van der Waals surface area contributed by atoms with Crippen LogP contribution in [0.15, 0.2) is 47.6 Å². The second-order valence-corrected chi connectivity index (χ2v) is 5.97. The Kier molecular flexibility index (Phi) is 3.80. The predicted molar refractivity (Wildman–Crippen MR) is 92.0 cm³/mol. The summed E-state index contributed by atoms with van der Waals surface area (Å²) in [6.45, 7) is 1.77. The number of hydrogen-bond donors (Lipinski definition) is 0. The second kappa shape index (κ2) is 6.12. The zero-order valence-corrected chi connectivity index (χ0v) is 14.1. The van der Waals surface area contributed by atoms with Gasteiger partial charge in [-0.05, 0) is 35.9 Å². The Morgan fingerprint density at radius 2 is 1.92 bits per heavy atom. The van der Waals surface area contributed by atoms with Crippen molar-refractivity contribution in [2.24, 2.45) is 5.10 Å². The fraction of sp³-hybridized carbons (Fsp3) is 0.263. The van der Waals surface area contributed by atoms with Crippen molar-refractivity contribution in [1.29, 1.82) is 0 Å². The van der Waals surface area contributed by atoms with Gasteiger partial charge in [-0.1, -0.05) is 12.1 Å². The molecule has 2 aromatic rings. The van der Waals surface area contributed by atoms with Gasteiger partial charge in [-0.15, -0.1) is 0 Å². The number of benzene rings is 2. The molecule has 0 saturated carbocycles. The van der Waals surface area contributed by atoms with Crippen LogP contribution in [0.4, 0.5) is 0 Å². The van der Waals surface area contributed by atoms with Gasteiger partial charge >= 0.3 is 0 Å². The van der Waals surface area contributed by atoms with Gasteiger partial charge in [0.05, 0.1) is 18.9 Å². The normalized spacial score (nSPS) is 18.2. The third kappa shape index (κ3) is 2.80. The van der Waals surface area contributed by atoms with Crippen molar-refractivity contribution >= 4 is 11.6 Å². The van der Waals surface area contributed by atoms with Crippen LogP contribution in [0.3, 0.4) is 0 Å². The molecule has 0 spiro atoms. The molecule has 25 heavy (non-hydrogen) atoms. The molecule has 0 radical (unpaired) electrons. The first-order valence-electron chi connectivity index (χ1n) is 8.07. The van der Waals surface area contributed by atoms with Crippen LogP contribution in [-0.4, -0.2) is 30.5 Å². The van der Waals surface area contributed by atoms with Gasteiger partial charge in [0, 0.05) is 18.9 Å². The maximum atomic E-state index is 12.1. The van der Waals surface area contributed by atoms with E-state index >= 15 is 0 Å². The zero-order chi connectivity index (χ0) is 17.4. The first-order chi connectivity index (χ1) is 12.2. The molecule has 2 aromatic carbocycles. The molecule has 6 heteroatoms. The number of rotatable bonds is 3. The number of methoxy groups -OCH3 is 1. The first-order valence-corrected chi connectivity index (χ1v) is 8.07. The quantitative estimate of drug-likeness (QED) is 0.863. The molecule has 1 atom stereocenters. The molecule has 1 unspecified atom stereocenters. The molecule has 0 fully saturated rings. The highest BCUT2D eigenvalue weighted by Crippen LogP contribution is 2.37. The molecule has 2 aliphatic rings. The van der Waals surface area contributed by atoms with Gasteiger partial charge in [-0.2, -0.15) is 5.10 Å². The Hall–Kier alpha value is -3.02. The minimum absolute atomic E-state index is 0.0865. The van der Waals surface area contributed by atoms with Gasteiger partial charge in [0.25, 0.3) is 0 Å². The van der Waals surface area contributed by atoms with E-state index < -0.39 is 0 Å². The van der Waals surface area contributed by atoms with Crippen molar-refractivity contribution in [1.82, 2.24) is 5.01 Å². The fourth-order valence-electron chi connectivity index (χ4n) is 3.14. The molecular weight excluding hydrogens is 320 g/mol. The molecule has 2 heterocycles. The summed E-state index contributed by atoms with van der Waals surface area (Å²) >= 11 is 0. The molecule has 0 aliphatic carbocycles. The maximum absolute atomic E-state index is 12.1. The van der Waals surface area contributed by atoms with E-state index in [0.717, 1.165) is 28.3 Å². The summed E-state index contributed by atoms with van der Waals surface area (Å²) in [5.41, 5.74) is 2.82. The Bertz CT molecular complexity index is 845. The molecule has 4 rings (SSSR count). The van der Waals surface area contributed by atoms with E-state index in [1.807, 2.05) is 42.5 Å². The molecule has 2 aliphatic heterocycles. The fourth-order valence-corrected chi connectivity index (χ4v) is 3.14. The van der Waals surface area contributed by atoms with Crippen molar-refractivity contribution in [3.05, 3.63) is 53.6 Å². The Labute approximate surface area is 145 Å². The monoisotopic (exact) mass is 338 g/mol. The van der Waals surface area contributed by atoms with Gasteiger partial charge in [-0.3, -0.25) is 4.79 Å². The molecule has 0 saturated heterocycles. The van der Waals surface area contributed by atoms with Crippen molar-refractivity contribution < 1.29 is 19.0 Å². The van der Waals surface area contributed by atoms with Crippen molar-refractivity contribution in [2.75, 3.05) is 13.9 Å². The lowest BCUT2D eigenvalue weighted by Gasteiger charge is -2.20. The minimum atomic E-state index is -0.121. The zero-order valence-electron chi connectivity index (χ0n) is 14.1. The number of amides is 1. The van der Waals surface area contributed by atoms with Crippen LogP contribution in [0.2, 0.25) is 0 Å². The van der Waals surface area contributed by atoms with E-state index in [1.165, 1.54) is 6.92 Å². The highest BCUT2D eigenvalue weighted by molar-refractivity contribution is 6.03. The summed E-state index contributed by atoms with van der Waals surface area (Å²) in [7, 11) is 1.63. The lowest BCUT2D eigenvalue weighted by atomic mass is 9.98. The Morgan fingerprint density at radius 1 is 1.16 bits per heavy atom. The molecule has 6 nitrogen and oxygen atoms in total. The van der Waals surface area contributed by atoms with E-state index in [4.69, 9.17) is 14.2 Å². The van der Waals surface area contributed by atoms with Gasteiger partial charge in [0.2, 0.25) is 12.7 Å². The molecule has 0 aromatic heterocycles. The molecule has 0 bridgehead atoms. The Morgan fingerprint density at radius 3 is 2.64 bits per heavy atom. The maximum Gasteiger partial charge on any atom is 0.240 e. The standard InChI is InChI=1S/C19H18N2O4/c1-12(22)21-17(13-3-6-15(23-2)7-4-13)10-16(20-21)14-5-8-18-19(9-14)25-11-24-18/h3-9,17H,10-11H2,1-2H3. The van der Waals surface area contributed by atoms with Gasteiger partial charge in [0.1, 0.15) is 5.75 Å². The molecule has 128 valence electrons. The van der Waals surface area contributed by atoms with Gasteiger partial charge < -0.3 is 14.2 Å². The number of ether oxygens (including phenoxy) is 3. The van der Waals surface area contributed by atoms with Crippen LogP contribution in [0.25, 0.3) is 0 Å². The number of hydrogen-bond acceptors (Lipinski definition) is 5. The van der Waals surface area contributed by atoms with Gasteiger partial charge in [0.15, 0.2) is 11.5 Å². The largest absolute Gasteiger partial charge is 0.497 e. The number of fused-ring (bicyclic) bond motifs is 1. The summed E-state index contributed by atoms with van der Waals surface area (Å²) in [4.78, 5) is 12.1. The average Bonchev–Trinajstić information content (AvgIpc) is 3.28. The summed E-state index contributed by atoms with van der Waals surface area (Å²) in [5, 5.41) is 6.10. The number of carbonyl (C=O) groups excluding carboxylic acids is 1. The number of carbonyl (C=O) groups is 1. The molecule has 1 amide bonds. The van der Waals surface area contributed by atoms with E-state index in [-0.39, 0.29) is 18.7 Å². The minimum Gasteiger partial charge on any atom is -0.497 e. The summed E-state index contributed by atoms with van der Waals surface area (Å²) in [6.07, 6.45) is 0.644. The first kappa shape index (κ1) is 15.5. The van der Waals surface area contributed by atoms with Crippen LogP contribution < -0.4 is 14.2 Å².